The summed E-state index contributed by atoms with van der Waals surface area (Å²) in [7, 11) is 1.58. The lowest BCUT2D eigenvalue weighted by Gasteiger charge is -2.29. The van der Waals surface area contributed by atoms with Gasteiger partial charge in [-0.15, -0.1) is 0 Å². The molecule has 0 aliphatic heterocycles. The number of carbonyl (C=O) groups is 3. The van der Waals surface area contributed by atoms with E-state index in [1.807, 2.05) is 57.2 Å². The summed E-state index contributed by atoms with van der Waals surface area (Å²) in [5.74, 6) is -1.21. The molecule has 3 amide bonds. The number of amides is 3. The molecule has 0 spiro atoms. The van der Waals surface area contributed by atoms with Crippen molar-refractivity contribution in [2.45, 2.75) is 66.2 Å². The maximum atomic E-state index is 13.4. The summed E-state index contributed by atoms with van der Waals surface area (Å²) in [4.78, 5) is 38.7. The second kappa shape index (κ2) is 12.9. The lowest BCUT2D eigenvalue weighted by molar-refractivity contribution is -0.146. The number of ether oxygens (including phenoxy) is 2. The largest absolute Gasteiger partial charge is 0.497 e. The van der Waals surface area contributed by atoms with E-state index in [0.29, 0.717) is 11.4 Å². The van der Waals surface area contributed by atoms with Crippen LogP contribution in [0.3, 0.4) is 0 Å². The number of carboxylic acids is 1. The Morgan fingerprint density at radius 2 is 1.44 bits per heavy atom. The number of carbonyl (C=O) groups excluding carboxylic acids is 2. The molecule has 3 rings (SSSR count). The minimum atomic E-state index is -1.32. The molecule has 0 radical (unpaired) electrons. The summed E-state index contributed by atoms with van der Waals surface area (Å²) in [5.41, 5.74) is 4.82. The van der Waals surface area contributed by atoms with Crippen molar-refractivity contribution >= 4 is 29.3 Å². The zero-order valence-corrected chi connectivity index (χ0v) is 24.8. The smallest absolute Gasteiger partial charge is 0.328 e. The molecule has 4 N–H and O–H groups in total. The fourth-order valence-corrected chi connectivity index (χ4v) is 4.68. The third kappa shape index (κ3) is 8.31. The van der Waals surface area contributed by atoms with Crippen molar-refractivity contribution in [2.75, 3.05) is 17.7 Å². The van der Waals surface area contributed by atoms with Crippen LogP contribution in [0.2, 0.25) is 0 Å². The Morgan fingerprint density at radius 3 is 1.98 bits per heavy atom. The SMILES string of the molecule is COc1ccc(-c2ccc(C(=O)N[C@H](C(=O)O)[C@@H](C)OC(C)(C)C)c(NC(=O)Nc3c(C)cc(C)cc3C)c2)cc1. The number of carboxylic acid groups (broad SMARTS) is 1. The number of hydrogen-bond acceptors (Lipinski definition) is 5. The fourth-order valence-electron chi connectivity index (χ4n) is 4.68. The summed E-state index contributed by atoms with van der Waals surface area (Å²) >= 11 is 0. The van der Waals surface area contributed by atoms with Gasteiger partial charge in [0, 0.05) is 5.69 Å². The monoisotopic (exact) mass is 561 g/mol. The molecule has 2 atom stereocenters. The van der Waals surface area contributed by atoms with Gasteiger partial charge in [-0.2, -0.15) is 0 Å². The van der Waals surface area contributed by atoms with Crippen LogP contribution in [-0.4, -0.2) is 47.9 Å². The Hall–Kier alpha value is -4.37. The average Bonchev–Trinajstić information content (AvgIpc) is 2.88. The number of aliphatic carboxylic acids is 1. The summed E-state index contributed by atoms with van der Waals surface area (Å²) in [6.07, 6.45) is -0.817. The molecule has 0 saturated carbocycles. The lowest BCUT2D eigenvalue weighted by atomic mass is 10.0. The molecule has 0 aromatic heterocycles. The van der Waals surface area contributed by atoms with Gasteiger partial charge in [0.1, 0.15) is 5.75 Å². The predicted molar refractivity (Wildman–Crippen MR) is 161 cm³/mol. The van der Waals surface area contributed by atoms with Gasteiger partial charge in [0.05, 0.1) is 30.1 Å². The second-order valence-electron chi connectivity index (χ2n) is 11.1. The molecule has 9 nitrogen and oxygen atoms in total. The molecule has 0 aliphatic carbocycles. The Morgan fingerprint density at radius 1 is 0.854 bits per heavy atom. The molecule has 0 unspecified atom stereocenters. The predicted octanol–water partition coefficient (Wildman–Crippen LogP) is 6.32. The molecule has 0 aliphatic rings. The van der Waals surface area contributed by atoms with Gasteiger partial charge in [0.25, 0.3) is 5.91 Å². The van der Waals surface area contributed by atoms with Gasteiger partial charge in [-0.1, -0.05) is 35.9 Å². The topological polar surface area (TPSA) is 126 Å². The maximum Gasteiger partial charge on any atom is 0.328 e. The van der Waals surface area contributed by atoms with Gasteiger partial charge in [-0.25, -0.2) is 9.59 Å². The van der Waals surface area contributed by atoms with Crippen molar-refractivity contribution in [3.63, 3.8) is 0 Å². The van der Waals surface area contributed by atoms with Crippen molar-refractivity contribution in [1.29, 1.82) is 0 Å². The number of rotatable bonds is 9. The summed E-state index contributed by atoms with van der Waals surface area (Å²) in [6, 6.07) is 14.4. The van der Waals surface area contributed by atoms with Crippen molar-refractivity contribution in [3.05, 3.63) is 76.9 Å². The van der Waals surface area contributed by atoms with Gasteiger partial charge in [-0.3, -0.25) is 4.79 Å². The van der Waals surface area contributed by atoms with E-state index in [2.05, 4.69) is 16.0 Å². The van der Waals surface area contributed by atoms with E-state index < -0.39 is 35.7 Å². The molecule has 9 heteroatoms. The molecule has 41 heavy (non-hydrogen) atoms. The van der Waals surface area contributed by atoms with E-state index in [4.69, 9.17) is 9.47 Å². The number of anilines is 2. The highest BCUT2D eigenvalue weighted by molar-refractivity contribution is 6.08. The van der Waals surface area contributed by atoms with Crippen molar-refractivity contribution < 1.29 is 29.0 Å². The molecular formula is C32H39N3O6. The number of hydrogen-bond donors (Lipinski definition) is 4. The average molecular weight is 562 g/mol. The molecule has 0 fully saturated rings. The van der Waals surface area contributed by atoms with E-state index in [9.17, 15) is 19.5 Å². The zero-order valence-electron chi connectivity index (χ0n) is 24.8. The van der Waals surface area contributed by atoms with Gasteiger partial charge in [0.15, 0.2) is 6.04 Å². The molecular weight excluding hydrogens is 522 g/mol. The Labute approximate surface area is 241 Å². The first kappa shape index (κ1) is 31.2. The summed E-state index contributed by atoms with van der Waals surface area (Å²) in [5, 5.41) is 18.1. The van der Waals surface area contributed by atoms with Crippen molar-refractivity contribution in [3.8, 4) is 16.9 Å². The number of aryl methyl sites for hydroxylation is 3. The van der Waals surface area contributed by atoms with Crippen LogP contribution < -0.4 is 20.7 Å². The van der Waals surface area contributed by atoms with E-state index in [1.54, 1.807) is 53.0 Å². The number of benzene rings is 3. The lowest BCUT2D eigenvalue weighted by Crippen LogP contribution is -2.50. The second-order valence-corrected chi connectivity index (χ2v) is 11.1. The minimum absolute atomic E-state index is 0.101. The third-order valence-corrected chi connectivity index (χ3v) is 6.41. The zero-order chi connectivity index (χ0) is 30.5. The van der Waals surface area contributed by atoms with Gasteiger partial charge < -0.3 is 30.5 Å². The Kier molecular flexibility index (Phi) is 9.78. The van der Waals surface area contributed by atoms with E-state index in [0.717, 1.165) is 27.8 Å². The van der Waals surface area contributed by atoms with Gasteiger partial charge >= 0.3 is 12.0 Å². The van der Waals surface area contributed by atoms with Crippen LogP contribution in [0.4, 0.5) is 16.2 Å². The normalized spacial score (nSPS) is 12.7. The van der Waals surface area contributed by atoms with E-state index >= 15 is 0 Å². The third-order valence-electron chi connectivity index (χ3n) is 6.41. The van der Waals surface area contributed by atoms with Gasteiger partial charge in [-0.05, 0) is 95.0 Å². The van der Waals surface area contributed by atoms with Crippen LogP contribution in [0, 0.1) is 20.8 Å². The highest BCUT2D eigenvalue weighted by Gasteiger charge is 2.31. The van der Waals surface area contributed by atoms with Crippen LogP contribution in [0.25, 0.3) is 11.1 Å². The van der Waals surface area contributed by atoms with Crippen LogP contribution in [0.1, 0.15) is 54.7 Å². The quantitative estimate of drug-likeness (QED) is 0.242. The first-order valence-corrected chi connectivity index (χ1v) is 13.3. The molecule has 0 saturated heterocycles. The fraction of sp³-hybridized carbons (Fsp3) is 0.344. The Bertz CT molecular complexity index is 1400. The highest BCUT2D eigenvalue weighted by atomic mass is 16.5. The van der Waals surface area contributed by atoms with E-state index in [-0.39, 0.29) is 11.3 Å². The van der Waals surface area contributed by atoms with Gasteiger partial charge in [0.2, 0.25) is 0 Å². The summed E-state index contributed by atoms with van der Waals surface area (Å²) < 4.78 is 11.0. The van der Waals surface area contributed by atoms with Crippen LogP contribution in [0.15, 0.2) is 54.6 Å². The number of nitrogens with one attached hydrogen (secondary N) is 3. The Balaban J connectivity index is 1.97. The molecule has 3 aromatic carbocycles. The molecule has 3 aromatic rings. The minimum Gasteiger partial charge on any atom is -0.497 e. The van der Waals surface area contributed by atoms with Crippen LogP contribution >= 0.6 is 0 Å². The van der Waals surface area contributed by atoms with Crippen molar-refractivity contribution in [2.24, 2.45) is 0 Å². The first-order chi connectivity index (χ1) is 19.2. The number of methoxy groups -OCH3 is 1. The number of urea groups is 1. The van der Waals surface area contributed by atoms with Crippen LogP contribution in [0.5, 0.6) is 5.75 Å². The molecule has 0 heterocycles. The van der Waals surface area contributed by atoms with E-state index in [1.165, 1.54) is 0 Å². The first-order valence-electron chi connectivity index (χ1n) is 13.3. The standard InChI is InChI=1S/C32H39N3O6/c1-18-15-19(2)27(20(3)16-18)35-31(39)33-26-17-23(22-9-12-24(40-8)13-10-22)11-14-25(26)29(36)34-28(30(37)38)21(4)41-32(5,6)7/h9-17,21,28H,1-8H3,(H,34,36)(H,37,38)(H2,33,35,39)/t21-,28+/m1/s1. The maximum absolute atomic E-state index is 13.4. The summed E-state index contributed by atoms with van der Waals surface area (Å²) in [6.45, 7) is 12.8. The molecule has 218 valence electrons. The molecule has 0 bridgehead atoms. The van der Waals surface area contributed by atoms with Crippen LogP contribution in [-0.2, 0) is 9.53 Å². The van der Waals surface area contributed by atoms with Crippen molar-refractivity contribution in [1.82, 2.24) is 5.32 Å². The highest BCUT2D eigenvalue weighted by Crippen LogP contribution is 2.29.